The van der Waals surface area contributed by atoms with Crippen molar-refractivity contribution in [3.05, 3.63) is 161 Å². The molecule has 204 valence electrons. The number of halogens is 1. The van der Waals surface area contributed by atoms with Crippen molar-refractivity contribution in [2.75, 3.05) is 0 Å². The maximum absolute atomic E-state index is 14.2. The summed E-state index contributed by atoms with van der Waals surface area (Å²) < 4.78 is 22.6. The molecule has 0 aliphatic carbocycles. The molecular formula is C37H28FN3O. The Balaban J connectivity index is 1.61. The maximum atomic E-state index is 14.2. The molecule has 42 heavy (non-hydrogen) atoms. The fourth-order valence-electron chi connectivity index (χ4n) is 5.22. The van der Waals surface area contributed by atoms with Crippen molar-refractivity contribution in [1.29, 1.82) is 5.26 Å². The van der Waals surface area contributed by atoms with Gasteiger partial charge in [-0.1, -0.05) is 91.0 Å². The minimum absolute atomic E-state index is 0.273. The molecule has 5 aromatic carbocycles. The average Bonchev–Trinajstić information content (AvgIpc) is 3.30. The first-order valence-corrected chi connectivity index (χ1v) is 13.8. The van der Waals surface area contributed by atoms with Crippen molar-refractivity contribution in [2.45, 2.75) is 20.5 Å². The van der Waals surface area contributed by atoms with E-state index in [9.17, 15) is 9.65 Å². The Labute approximate surface area is 244 Å². The zero-order valence-electron chi connectivity index (χ0n) is 23.4. The van der Waals surface area contributed by atoms with Crippen LogP contribution in [0.15, 0.2) is 126 Å². The molecule has 6 rings (SSSR count). The van der Waals surface area contributed by atoms with Crippen molar-refractivity contribution in [2.24, 2.45) is 4.99 Å². The summed E-state index contributed by atoms with van der Waals surface area (Å²) >= 11 is 0. The van der Waals surface area contributed by atoms with Crippen LogP contribution < -0.4 is 4.74 Å². The third-order valence-corrected chi connectivity index (χ3v) is 7.36. The van der Waals surface area contributed by atoms with Gasteiger partial charge in [0.05, 0.1) is 16.8 Å². The van der Waals surface area contributed by atoms with Crippen LogP contribution in [0.25, 0.3) is 16.6 Å². The van der Waals surface area contributed by atoms with E-state index in [4.69, 9.17) is 9.73 Å². The average molecular weight is 550 g/mol. The number of aryl methyl sites for hydroxylation is 1. The van der Waals surface area contributed by atoms with Crippen molar-refractivity contribution < 1.29 is 9.13 Å². The number of ether oxygens (including phenoxy) is 1. The van der Waals surface area contributed by atoms with Gasteiger partial charge in [0.1, 0.15) is 29.9 Å². The van der Waals surface area contributed by atoms with E-state index in [1.165, 1.54) is 6.07 Å². The monoisotopic (exact) mass is 549 g/mol. The summed E-state index contributed by atoms with van der Waals surface area (Å²) in [5, 5.41) is 10.9. The van der Waals surface area contributed by atoms with Gasteiger partial charge in [-0.25, -0.2) is 9.38 Å². The van der Waals surface area contributed by atoms with Crippen LogP contribution in [-0.2, 0) is 6.61 Å². The molecule has 0 aliphatic heterocycles. The first-order chi connectivity index (χ1) is 20.5. The molecule has 4 nitrogen and oxygen atoms in total. The molecule has 1 aromatic heterocycles. The van der Waals surface area contributed by atoms with Crippen molar-refractivity contribution in [3.8, 4) is 17.5 Å². The lowest BCUT2D eigenvalue weighted by Crippen LogP contribution is -2.03. The Hall–Kier alpha value is -5.47. The fourth-order valence-corrected chi connectivity index (χ4v) is 5.22. The number of nitriles is 1. The molecule has 0 bridgehead atoms. The number of aromatic nitrogens is 1. The smallest absolute Gasteiger partial charge is 0.146 e. The van der Waals surface area contributed by atoms with Gasteiger partial charge < -0.3 is 9.30 Å². The van der Waals surface area contributed by atoms with Crippen LogP contribution in [0.1, 0.15) is 33.5 Å². The molecule has 0 spiro atoms. The molecule has 0 fully saturated rings. The highest BCUT2D eigenvalue weighted by Gasteiger charge is 2.20. The Morgan fingerprint density at radius 3 is 2.02 bits per heavy atom. The molecule has 5 heteroatoms. The summed E-state index contributed by atoms with van der Waals surface area (Å²) in [5.74, 6) is 0.297. The summed E-state index contributed by atoms with van der Waals surface area (Å²) in [5.41, 5.74) is 7.79. The Morgan fingerprint density at radius 2 is 1.43 bits per heavy atom. The minimum Gasteiger partial charge on any atom is -0.487 e. The van der Waals surface area contributed by atoms with Gasteiger partial charge in [-0.2, -0.15) is 5.26 Å². The number of hydrogen-bond acceptors (Lipinski definition) is 3. The van der Waals surface area contributed by atoms with Gasteiger partial charge in [0.25, 0.3) is 0 Å². The van der Waals surface area contributed by atoms with E-state index >= 15 is 0 Å². The quantitative estimate of drug-likeness (QED) is 0.187. The lowest BCUT2D eigenvalue weighted by molar-refractivity contribution is 0.308. The van der Waals surface area contributed by atoms with Crippen LogP contribution in [0.3, 0.4) is 0 Å². The van der Waals surface area contributed by atoms with Crippen LogP contribution >= 0.6 is 0 Å². The SMILES string of the molecule is Cc1cc(-n2c(C)c(C#N)c3cc(OCc4ccccc4)c(N=C(c4ccccc4)c4ccccc4)cc32)ccc1F. The predicted octanol–water partition coefficient (Wildman–Crippen LogP) is 9.01. The first kappa shape index (κ1) is 26.7. The van der Waals surface area contributed by atoms with E-state index in [-0.39, 0.29) is 5.82 Å². The summed E-state index contributed by atoms with van der Waals surface area (Å²) in [4.78, 5) is 5.23. The molecule has 0 saturated heterocycles. The third-order valence-electron chi connectivity index (χ3n) is 7.36. The van der Waals surface area contributed by atoms with Crippen LogP contribution in [0.4, 0.5) is 10.1 Å². The topological polar surface area (TPSA) is 50.3 Å². The second-order valence-corrected chi connectivity index (χ2v) is 10.1. The molecule has 6 aromatic rings. The van der Waals surface area contributed by atoms with E-state index in [2.05, 4.69) is 6.07 Å². The fraction of sp³-hybridized carbons (Fsp3) is 0.0811. The molecular weight excluding hydrogens is 521 g/mol. The van der Waals surface area contributed by atoms with E-state index in [1.54, 1.807) is 19.1 Å². The minimum atomic E-state index is -0.273. The van der Waals surface area contributed by atoms with Crippen LogP contribution in [0.2, 0.25) is 0 Å². The van der Waals surface area contributed by atoms with Gasteiger partial charge in [0.2, 0.25) is 0 Å². The van der Waals surface area contributed by atoms with Gasteiger partial charge in [0.15, 0.2) is 0 Å². The zero-order chi connectivity index (χ0) is 29.1. The Morgan fingerprint density at radius 1 is 0.810 bits per heavy atom. The van der Waals surface area contributed by atoms with E-state index in [0.717, 1.165) is 44.7 Å². The van der Waals surface area contributed by atoms with Crippen molar-refractivity contribution in [3.63, 3.8) is 0 Å². The van der Waals surface area contributed by atoms with Crippen molar-refractivity contribution >= 4 is 22.3 Å². The standard InChI is InChI=1S/C37H28FN3O/c1-25-20-30(18-19-33(25)38)41-26(2)32(23-39)31-21-36(42-24-27-12-6-3-7-13-27)34(22-35(31)41)40-37(28-14-8-4-9-15-28)29-16-10-5-11-17-29/h3-22H,24H2,1-2H3. The number of rotatable bonds is 7. The van der Waals surface area contributed by atoms with Gasteiger partial charge in [0, 0.05) is 27.9 Å². The molecule has 0 unspecified atom stereocenters. The molecule has 0 saturated carbocycles. The highest BCUT2D eigenvalue weighted by Crippen LogP contribution is 2.39. The van der Waals surface area contributed by atoms with E-state index < -0.39 is 0 Å². The Kier molecular flexibility index (Phi) is 7.36. The van der Waals surface area contributed by atoms with Gasteiger partial charge in [-0.05, 0) is 55.3 Å². The van der Waals surface area contributed by atoms with Gasteiger partial charge in [-0.15, -0.1) is 0 Å². The van der Waals surface area contributed by atoms with Crippen molar-refractivity contribution in [1.82, 2.24) is 4.57 Å². The van der Waals surface area contributed by atoms with Gasteiger partial charge in [-0.3, -0.25) is 0 Å². The first-order valence-electron chi connectivity index (χ1n) is 13.8. The Bertz CT molecular complexity index is 1910. The number of benzene rings is 5. The van der Waals surface area contributed by atoms with Gasteiger partial charge >= 0.3 is 0 Å². The molecule has 0 amide bonds. The molecule has 0 N–H and O–H groups in total. The van der Waals surface area contributed by atoms with E-state index in [0.29, 0.717) is 29.2 Å². The zero-order valence-corrected chi connectivity index (χ0v) is 23.4. The normalized spacial score (nSPS) is 10.8. The largest absolute Gasteiger partial charge is 0.487 e. The molecule has 0 atom stereocenters. The van der Waals surface area contributed by atoms with Crippen LogP contribution in [-0.4, -0.2) is 10.3 Å². The maximum Gasteiger partial charge on any atom is 0.146 e. The van der Waals surface area contributed by atoms with E-state index in [1.807, 2.05) is 115 Å². The summed E-state index contributed by atoms with van der Waals surface area (Å²) in [6.45, 7) is 3.99. The number of fused-ring (bicyclic) bond motifs is 1. The number of hydrogen-bond donors (Lipinski definition) is 0. The van der Waals surface area contributed by atoms with Crippen LogP contribution in [0.5, 0.6) is 5.75 Å². The number of aliphatic imine (C=N–C) groups is 1. The lowest BCUT2D eigenvalue weighted by Gasteiger charge is -2.14. The summed E-state index contributed by atoms with van der Waals surface area (Å²) in [6.07, 6.45) is 0. The summed E-state index contributed by atoms with van der Waals surface area (Å²) in [6, 6.07) is 41.3. The molecule has 0 aliphatic rings. The predicted molar refractivity (Wildman–Crippen MR) is 166 cm³/mol. The van der Waals surface area contributed by atoms with Crippen LogP contribution in [0, 0.1) is 31.0 Å². The number of nitrogens with zero attached hydrogens (tertiary/aromatic N) is 3. The highest BCUT2D eigenvalue weighted by atomic mass is 19.1. The molecule has 1 heterocycles. The summed E-state index contributed by atoms with van der Waals surface area (Å²) in [7, 11) is 0. The second kappa shape index (κ2) is 11.6. The lowest BCUT2D eigenvalue weighted by atomic mass is 10.0. The molecule has 0 radical (unpaired) electrons. The second-order valence-electron chi connectivity index (χ2n) is 10.1. The highest BCUT2D eigenvalue weighted by molar-refractivity contribution is 6.14. The third kappa shape index (κ3) is 5.18.